The van der Waals surface area contributed by atoms with E-state index in [2.05, 4.69) is 33.9 Å². The Morgan fingerprint density at radius 1 is 1.21 bits per heavy atom. The Bertz CT molecular complexity index is 451. The van der Waals surface area contributed by atoms with E-state index in [4.69, 9.17) is 9.16 Å². The van der Waals surface area contributed by atoms with Gasteiger partial charge in [0, 0.05) is 13.2 Å². The zero-order valence-corrected chi connectivity index (χ0v) is 17.6. The Morgan fingerprint density at radius 2 is 1.79 bits per heavy atom. The van der Waals surface area contributed by atoms with Crippen molar-refractivity contribution in [1.29, 1.82) is 0 Å². The minimum absolute atomic E-state index is 0.175. The van der Waals surface area contributed by atoms with Crippen molar-refractivity contribution < 1.29 is 18.8 Å². The molecule has 2 unspecified atom stereocenters. The molecule has 1 aliphatic rings. The molecule has 0 aromatic carbocycles. The maximum absolute atomic E-state index is 12.3. The second-order valence-corrected chi connectivity index (χ2v) is 14.1. The van der Waals surface area contributed by atoms with Crippen LogP contribution in [0.25, 0.3) is 0 Å². The summed E-state index contributed by atoms with van der Waals surface area (Å²) in [4.78, 5) is 25.3. The highest BCUT2D eigenvalue weighted by Crippen LogP contribution is 2.37. The van der Waals surface area contributed by atoms with E-state index < -0.39 is 26.1 Å². The Balaban J connectivity index is 2.62. The smallest absolute Gasteiger partial charge is 0.410 e. The number of aldehydes is 1. The van der Waals surface area contributed by atoms with Crippen molar-refractivity contribution in [1.82, 2.24) is 4.90 Å². The van der Waals surface area contributed by atoms with E-state index in [0.717, 1.165) is 12.7 Å². The molecule has 1 rings (SSSR count). The van der Waals surface area contributed by atoms with Gasteiger partial charge in [0.25, 0.3) is 0 Å². The average molecular weight is 358 g/mol. The van der Waals surface area contributed by atoms with Crippen molar-refractivity contribution in [3.8, 4) is 0 Å². The summed E-state index contributed by atoms with van der Waals surface area (Å²) in [6.07, 6.45) is 1.96. The summed E-state index contributed by atoms with van der Waals surface area (Å²) in [5.74, 6) is 0.313. The fourth-order valence-corrected chi connectivity index (χ4v) is 3.53. The zero-order valence-electron chi connectivity index (χ0n) is 16.6. The van der Waals surface area contributed by atoms with E-state index in [1.807, 2.05) is 20.8 Å². The molecule has 1 heterocycles. The predicted octanol–water partition coefficient (Wildman–Crippen LogP) is 4.22. The standard InChI is InChI=1S/C18H35NO4Si/c1-17(2,3)23-16(21)19-10-9-14(11-15(19)12-20)13-22-24(7,8)18(4,5)6/h12,14-15H,9-11,13H2,1-8H3. The van der Waals surface area contributed by atoms with Crippen LogP contribution in [0.15, 0.2) is 0 Å². The summed E-state index contributed by atoms with van der Waals surface area (Å²) in [6, 6.07) is -0.415. The molecule has 0 N–H and O–H groups in total. The highest BCUT2D eigenvalue weighted by Gasteiger charge is 2.39. The molecule has 1 fully saturated rings. The second kappa shape index (κ2) is 7.56. The molecule has 0 saturated carbocycles. The van der Waals surface area contributed by atoms with Crippen LogP contribution < -0.4 is 0 Å². The van der Waals surface area contributed by atoms with E-state index >= 15 is 0 Å². The number of hydrogen-bond acceptors (Lipinski definition) is 4. The lowest BCUT2D eigenvalue weighted by Crippen LogP contribution is -2.50. The van der Waals surface area contributed by atoms with Gasteiger partial charge in [-0.3, -0.25) is 4.90 Å². The van der Waals surface area contributed by atoms with Crippen molar-refractivity contribution in [2.75, 3.05) is 13.2 Å². The number of nitrogens with zero attached hydrogens (tertiary/aromatic N) is 1. The first-order chi connectivity index (χ1) is 10.8. The van der Waals surface area contributed by atoms with E-state index in [0.29, 0.717) is 25.5 Å². The highest BCUT2D eigenvalue weighted by molar-refractivity contribution is 6.74. The van der Waals surface area contributed by atoms with Gasteiger partial charge >= 0.3 is 6.09 Å². The van der Waals surface area contributed by atoms with Crippen LogP contribution >= 0.6 is 0 Å². The second-order valence-electron chi connectivity index (χ2n) is 9.34. The maximum Gasteiger partial charge on any atom is 0.410 e. The summed E-state index contributed by atoms with van der Waals surface area (Å²) in [7, 11) is -1.79. The highest BCUT2D eigenvalue weighted by atomic mass is 28.4. The molecule has 24 heavy (non-hydrogen) atoms. The third-order valence-electron chi connectivity index (χ3n) is 5.02. The van der Waals surface area contributed by atoms with Crippen molar-refractivity contribution in [2.24, 2.45) is 5.92 Å². The van der Waals surface area contributed by atoms with Crippen LogP contribution in [0.1, 0.15) is 54.4 Å². The van der Waals surface area contributed by atoms with Gasteiger partial charge in [0.1, 0.15) is 11.9 Å². The topological polar surface area (TPSA) is 55.8 Å². The quantitative estimate of drug-likeness (QED) is 0.558. The number of carbonyl (C=O) groups excluding carboxylic acids is 2. The first-order valence-electron chi connectivity index (χ1n) is 8.86. The molecule has 140 valence electrons. The summed E-state index contributed by atoms with van der Waals surface area (Å²) < 4.78 is 11.7. The first-order valence-corrected chi connectivity index (χ1v) is 11.8. The number of hydrogen-bond donors (Lipinski definition) is 0. The Labute approximate surface area is 148 Å². The fourth-order valence-electron chi connectivity index (χ4n) is 2.44. The van der Waals surface area contributed by atoms with Gasteiger partial charge in [-0.2, -0.15) is 0 Å². The molecule has 0 bridgehead atoms. The van der Waals surface area contributed by atoms with Crippen LogP contribution in [0, 0.1) is 5.92 Å². The van der Waals surface area contributed by atoms with Crippen molar-refractivity contribution in [3.05, 3.63) is 0 Å². The molecule has 0 aromatic rings. The van der Waals surface area contributed by atoms with E-state index in [1.54, 1.807) is 4.90 Å². The molecule has 0 spiro atoms. The number of amides is 1. The third kappa shape index (κ3) is 5.88. The number of rotatable bonds is 4. The minimum Gasteiger partial charge on any atom is -0.444 e. The van der Waals surface area contributed by atoms with Gasteiger partial charge in [0.05, 0.1) is 6.04 Å². The number of piperidine rings is 1. The number of likely N-dealkylation sites (tertiary alicyclic amines) is 1. The van der Waals surface area contributed by atoms with Crippen LogP contribution in [0.2, 0.25) is 18.1 Å². The molecular weight excluding hydrogens is 322 g/mol. The van der Waals surface area contributed by atoms with Gasteiger partial charge in [0.2, 0.25) is 0 Å². The third-order valence-corrected chi connectivity index (χ3v) is 9.53. The van der Waals surface area contributed by atoms with Gasteiger partial charge in [0.15, 0.2) is 8.32 Å². The van der Waals surface area contributed by atoms with E-state index in [9.17, 15) is 9.59 Å². The Morgan fingerprint density at radius 3 is 2.25 bits per heavy atom. The van der Waals surface area contributed by atoms with Crippen molar-refractivity contribution in [2.45, 2.75) is 84.2 Å². The lowest BCUT2D eigenvalue weighted by Gasteiger charge is -2.40. The molecule has 5 nitrogen and oxygen atoms in total. The van der Waals surface area contributed by atoms with Crippen LogP contribution in [0.4, 0.5) is 4.79 Å². The Hall–Kier alpha value is -0.883. The lowest BCUT2D eigenvalue weighted by atomic mass is 9.92. The van der Waals surface area contributed by atoms with Crippen LogP contribution in [-0.2, 0) is 14.0 Å². The van der Waals surface area contributed by atoms with Crippen LogP contribution in [-0.4, -0.2) is 50.4 Å². The molecule has 0 aliphatic carbocycles. The number of ether oxygens (including phenoxy) is 1. The minimum atomic E-state index is -1.79. The Kier molecular flexibility index (Phi) is 6.67. The molecule has 1 saturated heterocycles. The summed E-state index contributed by atoms with van der Waals surface area (Å²) in [5.41, 5.74) is -0.549. The summed E-state index contributed by atoms with van der Waals surface area (Å²) >= 11 is 0. The first kappa shape index (κ1) is 21.2. The van der Waals surface area contributed by atoms with E-state index in [-0.39, 0.29) is 5.04 Å². The zero-order chi connectivity index (χ0) is 18.8. The average Bonchev–Trinajstić information content (AvgIpc) is 2.41. The fraction of sp³-hybridized carbons (Fsp3) is 0.889. The van der Waals surface area contributed by atoms with Crippen LogP contribution in [0.3, 0.4) is 0 Å². The molecule has 1 aliphatic heterocycles. The summed E-state index contributed by atoms with van der Waals surface area (Å²) in [5, 5.41) is 0.175. The van der Waals surface area contributed by atoms with Gasteiger partial charge in [-0.25, -0.2) is 4.79 Å². The molecule has 0 radical (unpaired) electrons. The normalized spacial score (nSPS) is 23.1. The molecular formula is C18H35NO4Si. The monoisotopic (exact) mass is 357 g/mol. The van der Waals surface area contributed by atoms with Gasteiger partial charge in [-0.05, 0) is 57.7 Å². The van der Waals surface area contributed by atoms with Crippen molar-refractivity contribution >= 4 is 20.7 Å². The van der Waals surface area contributed by atoms with Gasteiger partial charge in [-0.1, -0.05) is 20.8 Å². The van der Waals surface area contributed by atoms with Crippen molar-refractivity contribution in [3.63, 3.8) is 0 Å². The molecule has 0 aromatic heterocycles. The predicted molar refractivity (Wildman–Crippen MR) is 98.7 cm³/mol. The van der Waals surface area contributed by atoms with Crippen LogP contribution in [0.5, 0.6) is 0 Å². The van der Waals surface area contributed by atoms with Gasteiger partial charge < -0.3 is 14.0 Å². The largest absolute Gasteiger partial charge is 0.444 e. The van der Waals surface area contributed by atoms with E-state index in [1.165, 1.54) is 0 Å². The number of carbonyl (C=O) groups is 2. The SMILES string of the molecule is CC(C)(C)OC(=O)N1CCC(CO[Si](C)(C)C(C)(C)C)CC1C=O. The molecule has 6 heteroatoms. The van der Waals surface area contributed by atoms with Gasteiger partial charge in [-0.15, -0.1) is 0 Å². The molecule has 1 amide bonds. The maximum atomic E-state index is 12.3. The lowest BCUT2D eigenvalue weighted by molar-refractivity contribution is -0.114. The molecule has 2 atom stereocenters. The summed E-state index contributed by atoms with van der Waals surface area (Å²) in [6.45, 7) is 17.9.